The third kappa shape index (κ3) is 8.60. The van der Waals surface area contributed by atoms with Crippen LogP contribution >= 0.6 is 0 Å². The maximum Gasteiger partial charge on any atom is 0.416 e. The van der Waals surface area contributed by atoms with Crippen molar-refractivity contribution in [2.45, 2.75) is 45.3 Å². The molecule has 46 heavy (non-hydrogen) atoms. The fourth-order valence-electron chi connectivity index (χ4n) is 5.57. The highest BCUT2D eigenvalue weighted by Crippen LogP contribution is 2.25. The van der Waals surface area contributed by atoms with Gasteiger partial charge in [-0.2, -0.15) is 0 Å². The molecular formula is C36H39N5O5. The van der Waals surface area contributed by atoms with Crippen molar-refractivity contribution in [2.24, 2.45) is 5.92 Å². The molecule has 10 heteroatoms. The molecule has 1 N–H and O–H groups in total. The van der Waals surface area contributed by atoms with Gasteiger partial charge in [-0.1, -0.05) is 25.1 Å². The van der Waals surface area contributed by atoms with Gasteiger partial charge in [-0.05, 0) is 85.9 Å². The number of carbonyl (C=O) groups excluding carboxylic acids is 2. The standard InChI is InChI=1S/C36H39N5O5/c1-26-15-20-40(21-16-26)25-27-5-7-28(8-6-27)35(42)39-29-9-14-34(38-24-29)46-36(43)41-22-17-32(18-23-41)44-30-10-12-31(13-11-30)45-33-4-2-3-19-37-33/h2-14,19,24,26,32H,15-18,20-23,25H2,1H3,(H,39,42). The number of aromatic nitrogens is 2. The van der Waals surface area contributed by atoms with E-state index in [0.717, 1.165) is 31.3 Å². The summed E-state index contributed by atoms with van der Waals surface area (Å²) in [5, 5.41) is 2.86. The van der Waals surface area contributed by atoms with Crippen LogP contribution in [0.2, 0.25) is 0 Å². The summed E-state index contributed by atoms with van der Waals surface area (Å²) in [7, 11) is 0. The van der Waals surface area contributed by atoms with Gasteiger partial charge in [0, 0.05) is 56.4 Å². The Morgan fingerprint density at radius 1 is 0.804 bits per heavy atom. The number of amides is 2. The van der Waals surface area contributed by atoms with Gasteiger partial charge in [0.05, 0.1) is 11.9 Å². The van der Waals surface area contributed by atoms with Crippen LogP contribution < -0.4 is 19.5 Å². The van der Waals surface area contributed by atoms with Gasteiger partial charge in [0.1, 0.15) is 17.6 Å². The first-order valence-corrected chi connectivity index (χ1v) is 15.9. The van der Waals surface area contributed by atoms with Gasteiger partial charge in [-0.25, -0.2) is 14.8 Å². The number of likely N-dealkylation sites (tertiary alicyclic amines) is 2. The van der Waals surface area contributed by atoms with Gasteiger partial charge < -0.3 is 24.4 Å². The van der Waals surface area contributed by atoms with Crippen LogP contribution in [0.1, 0.15) is 48.5 Å². The average molecular weight is 622 g/mol. The SMILES string of the molecule is CC1CCN(Cc2ccc(C(=O)Nc3ccc(OC(=O)N4CCC(Oc5ccc(Oc6ccccn6)cc5)CC4)nc3)cc2)CC1. The van der Waals surface area contributed by atoms with E-state index in [-0.39, 0.29) is 17.9 Å². The molecule has 2 amide bonds. The predicted molar refractivity (Wildman–Crippen MR) is 174 cm³/mol. The highest BCUT2D eigenvalue weighted by molar-refractivity contribution is 6.04. The van der Waals surface area contributed by atoms with Crippen LogP contribution in [0.4, 0.5) is 10.5 Å². The minimum Gasteiger partial charge on any atom is -0.490 e. The lowest BCUT2D eigenvalue weighted by molar-refractivity contribution is 0.0922. The zero-order chi connectivity index (χ0) is 31.7. The maximum absolute atomic E-state index is 12.8. The number of benzene rings is 2. The molecule has 2 aromatic carbocycles. The molecule has 0 bridgehead atoms. The second-order valence-electron chi connectivity index (χ2n) is 11.9. The average Bonchev–Trinajstić information content (AvgIpc) is 3.09. The van der Waals surface area contributed by atoms with Crippen LogP contribution in [0.25, 0.3) is 0 Å². The highest BCUT2D eigenvalue weighted by Gasteiger charge is 2.25. The zero-order valence-electron chi connectivity index (χ0n) is 26.0. The van der Waals surface area contributed by atoms with Gasteiger partial charge in [0.15, 0.2) is 0 Å². The van der Waals surface area contributed by atoms with E-state index < -0.39 is 6.09 Å². The third-order valence-corrected chi connectivity index (χ3v) is 8.37. The Morgan fingerprint density at radius 3 is 2.22 bits per heavy atom. The lowest BCUT2D eigenvalue weighted by Gasteiger charge is -2.31. The Morgan fingerprint density at radius 2 is 1.54 bits per heavy atom. The monoisotopic (exact) mass is 621 g/mol. The van der Waals surface area contributed by atoms with Gasteiger partial charge >= 0.3 is 6.09 Å². The van der Waals surface area contributed by atoms with E-state index in [2.05, 4.69) is 27.1 Å². The molecule has 6 rings (SSSR count). The lowest BCUT2D eigenvalue weighted by atomic mass is 9.99. The minimum absolute atomic E-state index is 0.0116. The molecular weight excluding hydrogens is 582 g/mol. The smallest absolute Gasteiger partial charge is 0.416 e. The van der Waals surface area contributed by atoms with Crippen LogP contribution in [0.5, 0.6) is 23.3 Å². The molecule has 0 atom stereocenters. The maximum atomic E-state index is 12.8. The van der Waals surface area contributed by atoms with Gasteiger partial charge in [0.25, 0.3) is 5.91 Å². The molecule has 2 fully saturated rings. The van der Waals surface area contributed by atoms with Crippen molar-refractivity contribution in [3.8, 4) is 23.3 Å². The fourth-order valence-corrected chi connectivity index (χ4v) is 5.57. The van der Waals surface area contributed by atoms with Gasteiger partial charge in [0.2, 0.25) is 11.8 Å². The number of anilines is 1. The second-order valence-corrected chi connectivity index (χ2v) is 11.9. The fraction of sp³-hybridized carbons (Fsp3) is 0.333. The number of rotatable bonds is 9. The minimum atomic E-state index is -0.460. The first-order chi connectivity index (χ1) is 22.5. The van der Waals surface area contributed by atoms with Crippen LogP contribution in [-0.4, -0.2) is 64.1 Å². The number of ether oxygens (including phenoxy) is 3. The molecule has 0 saturated carbocycles. The number of nitrogens with one attached hydrogen (secondary N) is 1. The second kappa shape index (κ2) is 14.9. The molecule has 4 aromatic rings. The van der Waals surface area contributed by atoms with Crippen molar-refractivity contribution in [1.82, 2.24) is 19.8 Å². The summed E-state index contributed by atoms with van der Waals surface area (Å²) in [5.74, 6) is 2.71. The van der Waals surface area contributed by atoms with Crippen molar-refractivity contribution >= 4 is 17.7 Å². The summed E-state index contributed by atoms with van der Waals surface area (Å²) in [4.78, 5) is 38.1. The van der Waals surface area contributed by atoms with Crippen molar-refractivity contribution < 1.29 is 23.8 Å². The summed E-state index contributed by atoms with van der Waals surface area (Å²) in [6.45, 7) is 6.48. The lowest BCUT2D eigenvalue weighted by Crippen LogP contribution is -2.43. The van der Waals surface area contributed by atoms with Crippen molar-refractivity contribution in [3.63, 3.8) is 0 Å². The van der Waals surface area contributed by atoms with E-state index in [9.17, 15) is 9.59 Å². The molecule has 0 radical (unpaired) electrons. The Labute approximate surface area is 269 Å². The number of nitrogens with zero attached hydrogens (tertiary/aromatic N) is 4. The first-order valence-electron chi connectivity index (χ1n) is 15.9. The van der Waals surface area contributed by atoms with Crippen molar-refractivity contribution in [3.05, 3.63) is 102 Å². The summed E-state index contributed by atoms with van der Waals surface area (Å²) >= 11 is 0. The Balaban J connectivity index is 0.915. The third-order valence-electron chi connectivity index (χ3n) is 8.37. The number of piperidine rings is 2. The van der Waals surface area contributed by atoms with Crippen molar-refractivity contribution in [1.29, 1.82) is 0 Å². The number of hydrogen-bond donors (Lipinski definition) is 1. The van der Waals surface area contributed by atoms with E-state index in [1.165, 1.54) is 24.6 Å². The van der Waals surface area contributed by atoms with E-state index in [1.54, 1.807) is 29.3 Å². The summed E-state index contributed by atoms with van der Waals surface area (Å²) in [6.07, 6.45) is 6.53. The molecule has 238 valence electrons. The van der Waals surface area contributed by atoms with Crippen molar-refractivity contribution in [2.75, 3.05) is 31.5 Å². The number of hydrogen-bond acceptors (Lipinski definition) is 8. The normalized spacial score (nSPS) is 16.1. The molecule has 4 heterocycles. The molecule has 2 aliphatic heterocycles. The van der Waals surface area contributed by atoms with Gasteiger partial charge in [-0.3, -0.25) is 9.69 Å². The van der Waals surface area contributed by atoms with Gasteiger partial charge in [-0.15, -0.1) is 0 Å². The van der Waals surface area contributed by atoms with E-state index in [0.29, 0.717) is 48.8 Å². The molecule has 0 aliphatic carbocycles. The topological polar surface area (TPSA) is 106 Å². The van der Waals surface area contributed by atoms with Crippen LogP contribution in [0.15, 0.2) is 91.3 Å². The Kier molecular flexibility index (Phi) is 10.0. The van der Waals surface area contributed by atoms with E-state index in [1.807, 2.05) is 60.7 Å². The van der Waals surface area contributed by atoms with Crippen LogP contribution in [-0.2, 0) is 6.54 Å². The van der Waals surface area contributed by atoms with E-state index >= 15 is 0 Å². The van der Waals surface area contributed by atoms with Crippen LogP contribution in [0.3, 0.4) is 0 Å². The summed E-state index contributed by atoms with van der Waals surface area (Å²) in [6, 6.07) is 23.9. The Bertz CT molecular complexity index is 1570. The first kappa shape index (κ1) is 31.0. The molecule has 0 spiro atoms. The predicted octanol–water partition coefficient (Wildman–Crippen LogP) is 6.80. The largest absolute Gasteiger partial charge is 0.490 e. The summed E-state index contributed by atoms with van der Waals surface area (Å²) < 4.78 is 17.3. The highest BCUT2D eigenvalue weighted by atomic mass is 16.6. The molecule has 2 saturated heterocycles. The molecule has 2 aromatic heterocycles. The van der Waals surface area contributed by atoms with E-state index in [4.69, 9.17) is 14.2 Å². The number of carbonyl (C=O) groups is 2. The summed E-state index contributed by atoms with van der Waals surface area (Å²) in [5.41, 5.74) is 2.30. The molecule has 0 unspecified atom stereocenters. The van der Waals surface area contributed by atoms with Crippen LogP contribution in [0, 0.1) is 5.92 Å². The molecule has 2 aliphatic rings. The zero-order valence-corrected chi connectivity index (χ0v) is 26.0. The quantitative estimate of drug-likeness (QED) is 0.218. The molecule has 10 nitrogen and oxygen atoms in total. The number of pyridine rings is 2. The Hall–Kier alpha value is -4.96.